The Bertz CT molecular complexity index is 3210. The van der Waals surface area contributed by atoms with E-state index < -0.39 is 0 Å². The first-order valence-corrected chi connectivity index (χ1v) is 21.5. The van der Waals surface area contributed by atoms with Crippen molar-refractivity contribution in [2.45, 2.75) is 59.8 Å². The van der Waals surface area contributed by atoms with E-state index in [1.807, 2.05) is 0 Å². The van der Waals surface area contributed by atoms with Crippen LogP contribution in [-0.2, 0) is 19.3 Å². The van der Waals surface area contributed by atoms with E-state index in [4.69, 9.17) is 15.0 Å². The van der Waals surface area contributed by atoms with Gasteiger partial charge in [0.2, 0.25) is 5.95 Å². The molecule has 1 unspecified atom stereocenters. The molecule has 1 aliphatic carbocycles. The molecule has 3 aromatic heterocycles. The summed E-state index contributed by atoms with van der Waals surface area (Å²) in [5.74, 6) is 0.665. The standard InChI is InChI=1S/C55H47N5/c1-5-13-36-20-24-49-42(27-36)44-31-52-45(30-51(44)59(49)41-22-23-46-40(29-41)34-55(4)33-35(3)19-26-53(55)56-46)43-28-37(14-6-2)21-25-50(43)60(52)54-57-47(38-15-9-7-10-16-38)32-48(58-54)39-17-11-8-12-18-39/h7-12,15-33H,5-6,13-14,34H2,1-4H3. The van der Waals surface area contributed by atoms with Gasteiger partial charge in [-0.1, -0.05) is 124 Å². The number of fused-ring (bicyclic) bond motifs is 8. The van der Waals surface area contributed by atoms with Gasteiger partial charge in [-0.25, -0.2) is 9.97 Å². The molecule has 11 rings (SSSR count). The zero-order valence-corrected chi connectivity index (χ0v) is 34.7. The Labute approximate surface area is 351 Å². The van der Waals surface area contributed by atoms with Gasteiger partial charge in [0.1, 0.15) is 0 Å². The first-order valence-electron chi connectivity index (χ1n) is 21.5. The minimum atomic E-state index is -0.120. The predicted octanol–water partition coefficient (Wildman–Crippen LogP) is 14.1. The molecule has 0 amide bonds. The van der Waals surface area contributed by atoms with E-state index in [0.29, 0.717) is 5.95 Å². The Morgan fingerprint density at radius 1 is 0.567 bits per heavy atom. The van der Waals surface area contributed by atoms with Gasteiger partial charge in [-0.3, -0.25) is 9.56 Å². The van der Waals surface area contributed by atoms with Gasteiger partial charge >= 0.3 is 0 Å². The van der Waals surface area contributed by atoms with Gasteiger partial charge in [0.25, 0.3) is 0 Å². The van der Waals surface area contributed by atoms with Crippen molar-refractivity contribution in [1.82, 2.24) is 19.1 Å². The fourth-order valence-electron chi connectivity index (χ4n) is 9.87. The van der Waals surface area contributed by atoms with E-state index in [0.717, 1.165) is 82.7 Å². The summed E-state index contributed by atoms with van der Waals surface area (Å²) in [5.41, 5.74) is 17.0. The van der Waals surface area contributed by atoms with Gasteiger partial charge in [0.15, 0.2) is 0 Å². The third-order valence-electron chi connectivity index (χ3n) is 12.7. The van der Waals surface area contributed by atoms with Gasteiger partial charge in [0, 0.05) is 43.8 Å². The van der Waals surface area contributed by atoms with Crippen LogP contribution in [-0.4, -0.2) is 24.8 Å². The lowest BCUT2D eigenvalue weighted by Crippen LogP contribution is -2.31. The van der Waals surface area contributed by atoms with E-state index in [9.17, 15) is 0 Å². The van der Waals surface area contributed by atoms with Gasteiger partial charge in [-0.05, 0) is 110 Å². The average molecular weight is 778 g/mol. The highest BCUT2D eigenvalue weighted by Crippen LogP contribution is 2.44. The molecule has 1 atom stereocenters. The number of rotatable bonds is 8. The third-order valence-corrected chi connectivity index (χ3v) is 12.7. The lowest BCUT2D eigenvalue weighted by atomic mass is 9.73. The Kier molecular flexibility index (Phi) is 8.56. The molecule has 0 radical (unpaired) electrons. The Balaban J connectivity index is 1.20. The van der Waals surface area contributed by atoms with Crippen LogP contribution < -0.4 is 0 Å². The Morgan fingerprint density at radius 2 is 1.13 bits per heavy atom. The number of aromatic nitrogens is 4. The van der Waals surface area contributed by atoms with Crippen molar-refractivity contribution in [3.63, 3.8) is 0 Å². The number of aliphatic imine (C=N–C) groups is 1. The normalized spacial score (nSPS) is 16.1. The summed E-state index contributed by atoms with van der Waals surface area (Å²) in [6, 6.07) is 48.8. The second kappa shape index (κ2) is 14.2. The molecule has 6 aromatic carbocycles. The van der Waals surface area contributed by atoms with Crippen molar-refractivity contribution >= 4 is 55.0 Å². The highest BCUT2D eigenvalue weighted by molar-refractivity contribution is 6.19. The highest BCUT2D eigenvalue weighted by Gasteiger charge is 2.34. The summed E-state index contributed by atoms with van der Waals surface area (Å²) in [7, 11) is 0. The van der Waals surface area contributed by atoms with Crippen LogP contribution in [0.25, 0.3) is 77.8 Å². The smallest absolute Gasteiger partial charge is 0.235 e. The van der Waals surface area contributed by atoms with Gasteiger partial charge in [0.05, 0.1) is 44.9 Å². The van der Waals surface area contributed by atoms with Crippen LogP contribution in [0.2, 0.25) is 0 Å². The minimum Gasteiger partial charge on any atom is -0.309 e. The van der Waals surface area contributed by atoms with Gasteiger partial charge < -0.3 is 4.57 Å². The largest absolute Gasteiger partial charge is 0.309 e. The van der Waals surface area contributed by atoms with Crippen LogP contribution >= 0.6 is 0 Å². The lowest BCUT2D eigenvalue weighted by molar-refractivity contribution is 0.581. The number of hydrogen-bond acceptors (Lipinski definition) is 3. The predicted molar refractivity (Wildman–Crippen MR) is 251 cm³/mol. The molecule has 4 heterocycles. The van der Waals surface area contributed by atoms with Crippen molar-refractivity contribution in [3.8, 4) is 34.2 Å². The first-order chi connectivity index (χ1) is 29.4. The number of benzene rings is 6. The summed E-state index contributed by atoms with van der Waals surface area (Å²) in [6.45, 7) is 9.03. The van der Waals surface area contributed by atoms with E-state index in [-0.39, 0.29) is 5.41 Å². The zero-order valence-electron chi connectivity index (χ0n) is 34.7. The Hall–Kier alpha value is -6.85. The van der Waals surface area contributed by atoms with E-state index in [2.05, 4.69) is 189 Å². The maximum absolute atomic E-state index is 5.37. The quantitative estimate of drug-likeness (QED) is 0.154. The molecule has 292 valence electrons. The summed E-state index contributed by atoms with van der Waals surface area (Å²) in [5, 5.41) is 4.88. The molecular formula is C55H47N5. The highest BCUT2D eigenvalue weighted by atomic mass is 15.2. The molecule has 0 saturated carbocycles. The second-order valence-corrected chi connectivity index (χ2v) is 17.1. The maximum atomic E-state index is 5.37. The molecular weight excluding hydrogens is 731 g/mol. The van der Waals surface area contributed by atoms with Gasteiger partial charge in [-0.15, -0.1) is 0 Å². The molecule has 0 fully saturated rings. The lowest BCUT2D eigenvalue weighted by Gasteiger charge is -2.34. The van der Waals surface area contributed by atoms with Crippen molar-refractivity contribution in [1.29, 1.82) is 0 Å². The third kappa shape index (κ3) is 5.94. The van der Waals surface area contributed by atoms with Crippen molar-refractivity contribution < 1.29 is 0 Å². The molecule has 5 nitrogen and oxygen atoms in total. The summed E-state index contributed by atoms with van der Waals surface area (Å²) < 4.78 is 4.80. The summed E-state index contributed by atoms with van der Waals surface area (Å²) in [4.78, 5) is 15.9. The molecule has 60 heavy (non-hydrogen) atoms. The van der Waals surface area contributed by atoms with Crippen LogP contribution in [0.4, 0.5) is 5.69 Å². The van der Waals surface area contributed by atoms with Crippen LogP contribution in [0.3, 0.4) is 0 Å². The molecule has 0 N–H and O–H groups in total. The Morgan fingerprint density at radius 3 is 1.73 bits per heavy atom. The van der Waals surface area contributed by atoms with Crippen LogP contribution in [0, 0.1) is 5.41 Å². The van der Waals surface area contributed by atoms with Crippen LogP contribution in [0.5, 0.6) is 0 Å². The molecule has 9 aromatic rings. The topological polar surface area (TPSA) is 48.0 Å². The van der Waals surface area contributed by atoms with Gasteiger partial charge in [-0.2, -0.15) is 0 Å². The molecule has 0 spiro atoms. The number of hydrogen-bond donors (Lipinski definition) is 0. The molecule has 1 aliphatic heterocycles. The first kappa shape index (κ1) is 36.2. The fourth-order valence-corrected chi connectivity index (χ4v) is 9.87. The van der Waals surface area contributed by atoms with E-state index in [1.165, 1.54) is 54.8 Å². The number of allylic oxidation sites excluding steroid dienone is 4. The molecule has 5 heteroatoms. The van der Waals surface area contributed by atoms with Crippen LogP contribution in [0.1, 0.15) is 57.2 Å². The zero-order chi connectivity index (χ0) is 40.5. The number of nitrogens with zero attached hydrogens (tertiary/aromatic N) is 5. The summed E-state index contributed by atoms with van der Waals surface area (Å²) >= 11 is 0. The molecule has 0 saturated heterocycles. The molecule has 0 bridgehead atoms. The maximum Gasteiger partial charge on any atom is 0.235 e. The van der Waals surface area contributed by atoms with Crippen LogP contribution in [0.15, 0.2) is 162 Å². The fraction of sp³-hybridized carbons (Fsp3) is 0.182. The van der Waals surface area contributed by atoms with Crippen molar-refractivity contribution in [2.75, 3.05) is 0 Å². The minimum absolute atomic E-state index is 0.120. The summed E-state index contributed by atoms with van der Waals surface area (Å²) in [6.07, 6.45) is 11.9. The van der Waals surface area contributed by atoms with Crippen molar-refractivity contribution in [3.05, 3.63) is 174 Å². The van der Waals surface area contributed by atoms with E-state index >= 15 is 0 Å². The van der Waals surface area contributed by atoms with E-state index in [1.54, 1.807) is 0 Å². The number of aryl methyl sites for hydroxylation is 2. The molecule has 2 aliphatic rings. The average Bonchev–Trinajstić information content (AvgIpc) is 3.76. The monoisotopic (exact) mass is 777 g/mol. The SMILES string of the molecule is CCCc1ccc2c(c1)c1cc3c(cc1n2-c1ccc2c(c1)CC1(C)C=C(C)C=CC1=N2)c1cc(CCC)ccc1n3-c1nc(-c2ccccc2)cc(-c2ccccc2)n1. The van der Waals surface area contributed by atoms with Crippen molar-refractivity contribution in [2.24, 2.45) is 10.4 Å². The second-order valence-electron chi connectivity index (χ2n) is 17.1.